The molecule has 0 saturated heterocycles. The smallest absolute Gasteiger partial charge is 0.0312 e. The van der Waals surface area contributed by atoms with E-state index in [0.29, 0.717) is 0 Å². The molecule has 11 heavy (non-hydrogen) atoms. The number of hydrogen-bond donors (Lipinski definition) is 2. The summed E-state index contributed by atoms with van der Waals surface area (Å²) < 4.78 is 0. The van der Waals surface area contributed by atoms with Crippen molar-refractivity contribution in [3.05, 3.63) is 24.0 Å². The van der Waals surface area contributed by atoms with Gasteiger partial charge in [0.25, 0.3) is 0 Å². The molecule has 2 rings (SSSR count). The Balaban J connectivity index is 1.93. The number of nitrogens with two attached hydrogens (primary N) is 1. The zero-order chi connectivity index (χ0) is 7.68. The zero-order valence-electron chi connectivity index (χ0n) is 6.59. The number of nitrogens with one attached hydrogen (secondary N) is 1. The van der Waals surface area contributed by atoms with Gasteiger partial charge in [-0.1, -0.05) is 12.8 Å². The molecule has 0 aromatic carbocycles. The van der Waals surface area contributed by atoms with Crippen LogP contribution in [0.2, 0.25) is 0 Å². The minimum Gasteiger partial charge on any atom is -0.367 e. The number of H-pyrrole nitrogens is 1. The normalized spacial score (nSPS) is 20.1. The quantitative estimate of drug-likeness (QED) is 0.678. The summed E-state index contributed by atoms with van der Waals surface area (Å²) in [4.78, 5) is 3.02. The summed E-state index contributed by atoms with van der Waals surface area (Å²) in [5.74, 6) is 0.917. The molecule has 0 aliphatic heterocycles. The van der Waals surface area contributed by atoms with Crippen LogP contribution in [0.25, 0.3) is 0 Å². The van der Waals surface area contributed by atoms with E-state index in [1.54, 1.807) is 0 Å². The van der Waals surface area contributed by atoms with Gasteiger partial charge in [0.05, 0.1) is 0 Å². The van der Waals surface area contributed by atoms with Gasteiger partial charge in [-0.2, -0.15) is 0 Å². The standard InChI is InChI=1S/C9H14N2/c10-9(5-7-1-2-7)8-3-4-11-6-8/h3-4,6-7,9,11H,1-2,5,10H2. The highest BCUT2D eigenvalue weighted by molar-refractivity contribution is 5.13. The fourth-order valence-corrected chi connectivity index (χ4v) is 1.42. The van der Waals surface area contributed by atoms with Crippen molar-refractivity contribution in [2.75, 3.05) is 0 Å². The summed E-state index contributed by atoms with van der Waals surface area (Å²) in [6, 6.07) is 2.32. The molecular weight excluding hydrogens is 136 g/mol. The van der Waals surface area contributed by atoms with Crippen LogP contribution >= 0.6 is 0 Å². The SMILES string of the molecule is NC(CC1CC1)c1cc[nH]c1. The third-order valence-electron chi connectivity index (χ3n) is 2.33. The highest BCUT2D eigenvalue weighted by atomic mass is 14.7. The van der Waals surface area contributed by atoms with Crippen molar-refractivity contribution < 1.29 is 0 Å². The van der Waals surface area contributed by atoms with Crippen molar-refractivity contribution in [3.63, 3.8) is 0 Å². The van der Waals surface area contributed by atoms with E-state index in [4.69, 9.17) is 5.73 Å². The first-order valence-electron chi connectivity index (χ1n) is 4.24. The van der Waals surface area contributed by atoms with Crippen molar-refractivity contribution in [1.82, 2.24) is 4.98 Å². The molecule has 2 heteroatoms. The van der Waals surface area contributed by atoms with Gasteiger partial charge in [-0.25, -0.2) is 0 Å². The molecule has 0 radical (unpaired) electrons. The van der Waals surface area contributed by atoms with Crippen LogP contribution in [-0.4, -0.2) is 4.98 Å². The van der Waals surface area contributed by atoms with E-state index in [-0.39, 0.29) is 6.04 Å². The lowest BCUT2D eigenvalue weighted by atomic mass is 10.1. The minimum atomic E-state index is 0.258. The predicted octanol–water partition coefficient (Wildman–Crippen LogP) is 1.81. The van der Waals surface area contributed by atoms with Gasteiger partial charge in [-0.05, 0) is 24.0 Å². The minimum absolute atomic E-state index is 0.258. The van der Waals surface area contributed by atoms with Gasteiger partial charge in [-0.3, -0.25) is 0 Å². The van der Waals surface area contributed by atoms with Crippen LogP contribution in [0.5, 0.6) is 0 Å². The van der Waals surface area contributed by atoms with Crippen LogP contribution in [0.4, 0.5) is 0 Å². The molecule has 1 heterocycles. The predicted molar refractivity (Wildman–Crippen MR) is 45.1 cm³/mol. The number of rotatable bonds is 3. The van der Waals surface area contributed by atoms with Gasteiger partial charge in [0.1, 0.15) is 0 Å². The number of hydrogen-bond acceptors (Lipinski definition) is 1. The number of aromatic amines is 1. The van der Waals surface area contributed by atoms with Crippen molar-refractivity contribution in [3.8, 4) is 0 Å². The first-order chi connectivity index (χ1) is 5.36. The Morgan fingerprint density at radius 3 is 3.00 bits per heavy atom. The van der Waals surface area contributed by atoms with Crippen molar-refractivity contribution >= 4 is 0 Å². The van der Waals surface area contributed by atoms with E-state index in [0.717, 1.165) is 12.3 Å². The van der Waals surface area contributed by atoms with Crippen LogP contribution in [0, 0.1) is 5.92 Å². The molecule has 1 atom stereocenters. The van der Waals surface area contributed by atoms with Crippen LogP contribution in [-0.2, 0) is 0 Å². The lowest BCUT2D eigenvalue weighted by Crippen LogP contribution is -2.09. The van der Waals surface area contributed by atoms with Gasteiger partial charge in [-0.15, -0.1) is 0 Å². The average molecular weight is 150 g/mol. The molecule has 1 aliphatic rings. The van der Waals surface area contributed by atoms with E-state index in [1.165, 1.54) is 18.4 Å². The Morgan fingerprint density at radius 2 is 2.45 bits per heavy atom. The average Bonchev–Trinajstić information content (AvgIpc) is 2.67. The second kappa shape index (κ2) is 2.70. The lowest BCUT2D eigenvalue weighted by Gasteiger charge is -2.07. The van der Waals surface area contributed by atoms with Gasteiger partial charge >= 0.3 is 0 Å². The van der Waals surface area contributed by atoms with Gasteiger partial charge in [0.15, 0.2) is 0 Å². The second-order valence-corrected chi connectivity index (χ2v) is 3.43. The topological polar surface area (TPSA) is 41.8 Å². The van der Waals surface area contributed by atoms with Gasteiger partial charge in [0, 0.05) is 18.4 Å². The van der Waals surface area contributed by atoms with E-state index in [2.05, 4.69) is 11.1 Å². The highest BCUT2D eigenvalue weighted by Gasteiger charge is 2.24. The molecule has 1 fully saturated rings. The summed E-state index contributed by atoms with van der Waals surface area (Å²) >= 11 is 0. The van der Waals surface area contributed by atoms with Gasteiger partial charge in [0.2, 0.25) is 0 Å². The Hall–Kier alpha value is -0.760. The first-order valence-corrected chi connectivity index (χ1v) is 4.24. The van der Waals surface area contributed by atoms with Crippen molar-refractivity contribution in [1.29, 1.82) is 0 Å². The Kier molecular flexibility index (Phi) is 1.70. The summed E-state index contributed by atoms with van der Waals surface area (Å²) in [7, 11) is 0. The van der Waals surface area contributed by atoms with Gasteiger partial charge < -0.3 is 10.7 Å². The van der Waals surface area contributed by atoms with E-state index >= 15 is 0 Å². The van der Waals surface area contributed by atoms with E-state index in [9.17, 15) is 0 Å². The van der Waals surface area contributed by atoms with Crippen molar-refractivity contribution in [2.24, 2.45) is 11.7 Å². The van der Waals surface area contributed by atoms with Crippen LogP contribution in [0.15, 0.2) is 18.5 Å². The van der Waals surface area contributed by atoms with Crippen LogP contribution < -0.4 is 5.73 Å². The van der Waals surface area contributed by atoms with Crippen LogP contribution in [0.3, 0.4) is 0 Å². The third kappa shape index (κ3) is 1.63. The molecule has 1 aliphatic carbocycles. The fraction of sp³-hybridized carbons (Fsp3) is 0.556. The maximum Gasteiger partial charge on any atom is 0.0312 e. The number of aromatic nitrogens is 1. The molecule has 1 aromatic heterocycles. The molecule has 2 nitrogen and oxygen atoms in total. The first kappa shape index (κ1) is 6.92. The summed E-state index contributed by atoms with van der Waals surface area (Å²) in [5, 5.41) is 0. The van der Waals surface area contributed by atoms with E-state index < -0.39 is 0 Å². The summed E-state index contributed by atoms with van der Waals surface area (Å²) in [5.41, 5.74) is 7.21. The molecule has 1 saturated carbocycles. The summed E-state index contributed by atoms with van der Waals surface area (Å²) in [6.07, 6.45) is 7.86. The largest absolute Gasteiger partial charge is 0.367 e. The monoisotopic (exact) mass is 150 g/mol. The summed E-state index contributed by atoms with van der Waals surface area (Å²) in [6.45, 7) is 0. The molecular formula is C9H14N2. The Bertz CT molecular complexity index is 211. The zero-order valence-corrected chi connectivity index (χ0v) is 6.59. The third-order valence-corrected chi connectivity index (χ3v) is 2.33. The molecule has 1 aromatic rings. The van der Waals surface area contributed by atoms with Crippen LogP contribution in [0.1, 0.15) is 30.9 Å². The Labute approximate surface area is 66.8 Å². The molecule has 0 amide bonds. The molecule has 3 N–H and O–H groups in total. The molecule has 0 spiro atoms. The molecule has 0 bridgehead atoms. The fourth-order valence-electron chi connectivity index (χ4n) is 1.42. The van der Waals surface area contributed by atoms with Crippen molar-refractivity contribution in [2.45, 2.75) is 25.3 Å². The maximum absolute atomic E-state index is 5.96. The lowest BCUT2D eigenvalue weighted by molar-refractivity contribution is 0.597. The Morgan fingerprint density at radius 1 is 1.64 bits per heavy atom. The maximum atomic E-state index is 5.96. The second-order valence-electron chi connectivity index (χ2n) is 3.43. The highest BCUT2D eigenvalue weighted by Crippen LogP contribution is 2.36. The van der Waals surface area contributed by atoms with E-state index in [1.807, 2.05) is 12.4 Å². The molecule has 60 valence electrons. The molecule has 1 unspecified atom stereocenters.